The van der Waals surface area contributed by atoms with Crippen LogP contribution in [0.5, 0.6) is 23.0 Å². The number of nitrogen functional groups attached to an aromatic ring is 1. The lowest BCUT2D eigenvalue weighted by Gasteiger charge is -2.27. The van der Waals surface area contributed by atoms with Crippen molar-refractivity contribution in [3.8, 4) is 23.0 Å². The topological polar surface area (TPSA) is 172 Å². The zero-order valence-electron chi connectivity index (χ0n) is 33.3. The van der Waals surface area contributed by atoms with E-state index in [0.717, 1.165) is 60.7 Å². The van der Waals surface area contributed by atoms with E-state index in [-0.39, 0.29) is 29.0 Å². The highest BCUT2D eigenvalue weighted by atomic mass is 19.3. The lowest BCUT2D eigenvalue weighted by atomic mass is 9.83. The van der Waals surface area contributed by atoms with Crippen LogP contribution in [0.1, 0.15) is 43.8 Å². The Labute approximate surface area is 363 Å². The van der Waals surface area contributed by atoms with Crippen LogP contribution in [0.4, 0.5) is 40.8 Å². The number of hydrogen-bond donors (Lipinski definition) is 3. The van der Waals surface area contributed by atoms with Crippen LogP contribution in [-0.2, 0) is 16.0 Å². The molecule has 0 saturated heterocycles. The van der Waals surface area contributed by atoms with Gasteiger partial charge in [-0.25, -0.2) is 9.59 Å². The molecular formula is C46H35F8NO10. The number of carbonyl (C=O) groups is 4. The van der Waals surface area contributed by atoms with Gasteiger partial charge in [-0.05, 0) is 114 Å². The first-order valence-corrected chi connectivity index (χ1v) is 18.9. The number of ether oxygens (including phenoxy) is 4. The summed E-state index contributed by atoms with van der Waals surface area (Å²) in [6.45, 7) is 0. The third-order valence-electron chi connectivity index (χ3n) is 9.04. The zero-order chi connectivity index (χ0) is 47.5. The molecule has 2 unspecified atom stereocenters. The van der Waals surface area contributed by atoms with Gasteiger partial charge in [0.15, 0.2) is 11.6 Å². The van der Waals surface area contributed by atoms with E-state index in [4.69, 9.17) is 15.2 Å². The molecule has 0 radical (unpaired) electrons. The Balaban J connectivity index is 1.19. The number of ketones is 2. The first-order chi connectivity index (χ1) is 30.6. The molecule has 5 aromatic rings. The number of carbonyl (C=O) groups excluding carboxylic acids is 4. The third kappa shape index (κ3) is 13.8. The number of hydrogen-bond acceptors (Lipinski definition) is 11. The van der Waals surface area contributed by atoms with Gasteiger partial charge >= 0.3 is 37.0 Å². The van der Waals surface area contributed by atoms with Crippen molar-refractivity contribution in [3.05, 3.63) is 161 Å². The maximum atomic E-state index is 13.6. The largest absolute Gasteiger partial charge is 0.461 e. The van der Waals surface area contributed by atoms with E-state index in [1.165, 1.54) is 72.8 Å². The average molecular weight is 914 g/mol. The molecule has 0 fully saturated rings. The minimum atomic E-state index is -4.74. The number of rotatable bonds is 20. The van der Waals surface area contributed by atoms with Crippen molar-refractivity contribution < 1.29 is 83.5 Å². The highest BCUT2D eigenvalue weighted by Crippen LogP contribution is 2.30. The van der Waals surface area contributed by atoms with Crippen molar-refractivity contribution in [3.63, 3.8) is 0 Å². The second-order valence-electron chi connectivity index (χ2n) is 14.0. The van der Waals surface area contributed by atoms with Gasteiger partial charge in [0.1, 0.15) is 34.7 Å². The van der Waals surface area contributed by atoms with Crippen molar-refractivity contribution in [1.29, 1.82) is 0 Å². The molecule has 0 aliphatic heterocycles. The Bertz CT molecular complexity index is 2500. The first-order valence-electron chi connectivity index (χ1n) is 18.9. The molecule has 0 aliphatic carbocycles. The fourth-order valence-electron chi connectivity index (χ4n) is 5.62. The van der Waals surface area contributed by atoms with E-state index >= 15 is 0 Å². The summed E-state index contributed by atoms with van der Waals surface area (Å²) in [5.41, 5.74) is 4.84. The number of benzene rings is 5. The molecule has 0 spiro atoms. The van der Waals surface area contributed by atoms with E-state index < -0.39 is 78.2 Å². The van der Waals surface area contributed by atoms with Gasteiger partial charge in [0.25, 0.3) is 0 Å². The summed E-state index contributed by atoms with van der Waals surface area (Å²) in [6, 6.07) is 25.0. The number of aliphatic hydroxyl groups excluding tert-OH is 1. The molecule has 0 heterocycles. The summed E-state index contributed by atoms with van der Waals surface area (Å²) in [4.78, 5) is 51.7. The van der Waals surface area contributed by atoms with Crippen LogP contribution in [-0.4, -0.2) is 70.5 Å². The Hall–Kier alpha value is -7.38. The predicted octanol–water partition coefficient (Wildman–Crippen LogP) is 8.77. The maximum Gasteiger partial charge on any atom is 0.461 e. The molecule has 0 aliphatic rings. The van der Waals surface area contributed by atoms with Gasteiger partial charge in [-0.3, -0.25) is 9.59 Å². The van der Waals surface area contributed by atoms with Crippen molar-refractivity contribution >= 4 is 41.3 Å². The number of alkyl halides is 8. The molecule has 5 rings (SSSR count). The van der Waals surface area contributed by atoms with Crippen LogP contribution >= 0.6 is 0 Å². The molecule has 340 valence electrons. The van der Waals surface area contributed by atoms with E-state index in [0.29, 0.717) is 22.4 Å². The van der Waals surface area contributed by atoms with Crippen LogP contribution in [0.2, 0.25) is 0 Å². The summed E-state index contributed by atoms with van der Waals surface area (Å²) in [5, 5.41) is 22.6. The lowest BCUT2D eigenvalue weighted by Crippen LogP contribution is -2.44. The minimum absolute atomic E-state index is 0.0273. The van der Waals surface area contributed by atoms with Crippen LogP contribution in [0.3, 0.4) is 0 Å². The number of nitrogens with two attached hydrogens (primary N) is 1. The average Bonchev–Trinajstić information content (AvgIpc) is 3.26. The molecule has 0 saturated carbocycles. The van der Waals surface area contributed by atoms with Crippen molar-refractivity contribution in [2.24, 2.45) is 0 Å². The van der Waals surface area contributed by atoms with E-state index in [2.05, 4.69) is 9.47 Å². The SMILES string of the molecule is Nc1ccc(CC(O)(CC(O)C(=O)/C=C/c2ccc(OC(=O)c3ccc(OC(F)(F)C(F)F)cc3)cc2)C(=O)/C=C/c2ccc(OC(=O)c3ccc(OC(F)(F)C(F)F)cc3)cc2)cc1. The summed E-state index contributed by atoms with van der Waals surface area (Å²) in [7, 11) is 0. The molecule has 5 aromatic carbocycles. The van der Waals surface area contributed by atoms with Gasteiger partial charge in [-0.15, -0.1) is 0 Å². The van der Waals surface area contributed by atoms with Gasteiger partial charge < -0.3 is 34.9 Å². The van der Waals surface area contributed by atoms with Crippen LogP contribution in [0.15, 0.2) is 133 Å². The fraction of sp³-hybridized carbons (Fsp3) is 0.174. The van der Waals surface area contributed by atoms with Gasteiger partial charge in [0, 0.05) is 18.5 Å². The quantitative estimate of drug-likeness (QED) is 0.0224. The number of halogens is 8. The molecule has 65 heavy (non-hydrogen) atoms. The number of anilines is 1. The van der Waals surface area contributed by atoms with Crippen LogP contribution < -0.4 is 24.7 Å². The maximum absolute atomic E-state index is 13.6. The highest BCUT2D eigenvalue weighted by Gasteiger charge is 2.45. The minimum Gasteiger partial charge on any atom is -0.428 e. The Morgan fingerprint density at radius 3 is 1.35 bits per heavy atom. The molecule has 0 bridgehead atoms. The summed E-state index contributed by atoms with van der Waals surface area (Å²) in [6.07, 6.45) is -15.9. The summed E-state index contributed by atoms with van der Waals surface area (Å²) < 4.78 is 121. The second kappa shape index (κ2) is 20.9. The molecule has 19 heteroatoms. The smallest absolute Gasteiger partial charge is 0.428 e. The highest BCUT2D eigenvalue weighted by molar-refractivity contribution is 6.02. The normalized spacial score (nSPS) is 13.4. The monoisotopic (exact) mass is 913 g/mol. The summed E-state index contributed by atoms with van der Waals surface area (Å²) >= 11 is 0. The third-order valence-corrected chi connectivity index (χ3v) is 9.04. The van der Waals surface area contributed by atoms with Crippen molar-refractivity contribution in [1.82, 2.24) is 0 Å². The Morgan fingerprint density at radius 1 is 0.569 bits per heavy atom. The molecule has 0 amide bonds. The van der Waals surface area contributed by atoms with E-state index in [9.17, 15) is 64.5 Å². The number of esters is 2. The van der Waals surface area contributed by atoms with Crippen LogP contribution in [0, 0.1) is 0 Å². The van der Waals surface area contributed by atoms with E-state index in [1.54, 1.807) is 12.1 Å². The predicted molar refractivity (Wildman–Crippen MR) is 217 cm³/mol. The molecular weight excluding hydrogens is 878 g/mol. The standard InChI is InChI=1S/C46H35F8NO10/c47-42(48)45(51,52)64-35-19-9-30(10-20-35)40(59)62-33-15-3-27(4-16-33)7-23-37(56)38(57)26-44(61,25-29-1-13-32(55)14-2-29)39(58)24-8-28-5-17-34(18-6-28)63-41(60)31-11-21-36(22-12-31)65-46(53,54)43(49)50/h1-24,38,42-43,57,61H,25-26,55H2/b23-7+,24-8+. The molecule has 2 atom stereocenters. The van der Waals surface area contributed by atoms with Gasteiger partial charge in [0.2, 0.25) is 0 Å². The lowest BCUT2D eigenvalue weighted by molar-refractivity contribution is -0.253. The zero-order valence-corrected chi connectivity index (χ0v) is 33.3. The second-order valence-corrected chi connectivity index (χ2v) is 14.0. The van der Waals surface area contributed by atoms with E-state index in [1.807, 2.05) is 0 Å². The van der Waals surface area contributed by atoms with Gasteiger partial charge in [0.05, 0.1) is 11.1 Å². The molecule has 11 nitrogen and oxygen atoms in total. The Kier molecular flexibility index (Phi) is 15.6. The Morgan fingerprint density at radius 2 is 0.954 bits per heavy atom. The van der Waals surface area contributed by atoms with Gasteiger partial charge in [-0.2, -0.15) is 35.1 Å². The van der Waals surface area contributed by atoms with Gasteiger partial charge in [-0.1, -0.05) is 48.6 Å². The fourth-order valence-corrected chi connectivity index (χ4v) is 5.62. The first kappa shape index (κ1) is 48.6. The van der Waals surface area contributed by atoms with Crippen molar-refractivity contribution in [2.45, 2.75) is 49.6 Å². The number of aliphatic hydroxyl groups is 2. The molecule has 4 N–H and O–H groups in total. The summed E-state index contributed by atoms with van der Waals surface area (Å²) in [5.74, 6) is -4.77. The molecule has 0 aromatic heterocycles. The van der Waals surface area contributed by atoms with Crippen molar-refractivity contribution in [2.75, 3.05) is 5.73 Å². The van der Waals surface area contributed by atoms with Crippen LogP contribution in [0.25, 0.3) is 12.2 Å².